The molecule has 0 bridgehead atoms. The van der Waals surface area contributed by atoms with Crippen LogP contribution in [-0.4, -0.2) is 34.1 Å². The Bertz CT molecular complexity index is 1160. The minimum atomic E-state index is -0.231. The molecule has 29 heavy (non-hydrogen) atoms. The number of hydrogen-bond donors (Lipinski definition) is 3. The molecule has 0 aliphatic heterocycles. The third-order valence-corrected chi connectivity index (χ3v) is 5.20. The van der Waals surface area contributed by atoms with Crippen LogP contribution >= 0.6 is 0 Å². The first-order valence-electron chi connectivity index (χ1n) is 9.99. The van der Waals surface area contributed by atoms with Gasteiger partial charge in [-0.3, -0.25) is 4.79 Å². The number of H-pyrrole nitrogens is 1. The fourth-order valence-corrected chi connectivity index (χ4v) is 3.57. The largest absolute Gasteiger partial charge is 0.396 e. The monoisotopic (exact) mass is 387 g/mol. The fourth-order valence-electron chi connectivity index (χ4n) is 3.57. The Labute approximate surface area is 169 Å². The Morgan fingerprint density at radius 1 is 1.10 bits per heavy atom. The van der Waals surface area contributed by atoms with Crippen molar-refractivity contribution in [1.29, 1.82) is 0 Å². The second kappa shape index (κ2) is 8.05. The van der Waals surface area contributed by atoms with E-state index in [4.69, 9.17) is 10.1 Å². The second-order valence-corrected chi connectivity index (χ2v) is 7.56. The van der Waals surface area contributed by atoms with E-state index in [0.29, 0.717) is 24.6 Å². The van der Waals surface area contributed by atoms with Crippen LogP contribution in [0.15, 0.2) is 54.6 Å². The number of carbonyl (C=O) groups is 1. The molecule has 5 nitrogen and oxygen atoms in total. The Kier molecular flexibility index (Phi) is 5.32. The molecule has 2 aromatic carbocycles. The fraction of sp³-hybridized carbons (Fsp3) is 0.250. The summed E-state index contributed by atoms with van der Waals surface area (Å²) in [6, 6.07) is 18.3. The third kappa shape index (κ3) is 3.74. The number of aliphatic hydroxyl groups excluding tert-OH is 1. The lowest BCUT2D eigenvalue weighted by atomic mass is 10.00. The van der Waals surface area contributed by atoms with Crippen molar-refractivity contribution in [2.45, 2.75) is 26.2 Å². The summed E-state index contributed by atoms with van der Waals surface area (Å²) in [4.78, 5) is 20.9. The first-order valence-corrected chi connectivity index (χ1v) is 9.99. The highest BCUT2D eigenvalue weighted by molar-refractivity contribution is 6.13. The van der Waals surface area contributed by atoms with Crippen molar-refractivity contribution in [2.24, 2.45) is 0 Å². The molecule has 0 unspecified atom stereocenters. The number of para-hydroxylation sites is 1. The van der Waals surface area contributed by atoms with E-state index >= 15 is 0 Å². The van der Waals surface area contributed by atoms with Gasteiger partial charge in [-0.05, 0) is 30.0 Å². The van der Waals surface area contributed by atoms with Crippen LogP contribution in [0.25, 0.3) is 33.1 Å². The van der Waals surface area contributed by atoms with Crippen molar-refractivity contribution < 1.29 is 9.90 Å². The van der Waals surface area contributed by atoms with Crippen LogP contribution in [0.5, 0.6) is 0 Å². The topological polar surface area (TPSA) is 78.0 Å². The summed E-state index contributed by atoms with van der Waals surface area (Å²) in [5.41, 5.74) is 5.32. The summed E-state index contributed by atoms with van der Waals surface area (Å²) in [5.74, 6) is 0.222. The normalized spacial score (nSPS) is 11.4. The van der Waals surface area contributed by atoms with Gasteiger partial charge in [0.05, 0.1) is 11.2 Å². The molecule has 4 aromatic rings. The number of aromatic nitrogens is 2. The van der Waals surface area contributed by atoms with Gasteiger partial charge in [0.15, 0.2) is 0 Å². The maximum Gasteiger partial charge on any atom is 0.269 e. The molecular formula is C24H25N3O2. The van der Waals surface area contributed by atoms with Crippen LogP contribution in [-0.2, 0) is 0 Å². The SMILES string of the molecule is CC(C)c1ccc(-c2nc(C(=O)NCCCO)cc3c2[nH]c2ccccc23)cc1. The van der Waals surface area contributed by atoms with Crippen LogP contribution in [0.3, 0.4) is 0 Å². The van der Waals surface area contributed by atoms with Gasteiger partial charge in [-0.2, -0.15) is 0 Å². The average Bonchev–Trinajstić information content (AvgIpc) is 3.12. The van der Waals surface area contributed by atoms with Gasteiger partial charge in [0.1, 0.15) is 5.69 Å². The second-order valence-electron chi connectivity index (χ2n) is 7.56. The zero-order chi connectivity index (χ0) is 20.4. The molecule has 0 atom stereocenters. The average molecular weight is 387 g/mol. The Balaban J connectivity index is 1.87. The van der Waals surface area contributed by atoms with Crippen molar-refractivity contribution in [1.82, 2.24) is 15.3 Å². The van der Waals surface area contributed by atoms with E-state index in [0.717, 1.165) is 33.1 Å². The first-order chi connectivity index (χ1) is 14.1. The molecule has 2 heterocycles. The molecule has 2 aromatic heterocycles. The lowest BCUT2D eigenvalue weighted by Crippen LogP contribution is -2.26. The van der Waals surface area contributed by atoms with Gasteiger partial charge in [-0.1, -0.05) is 56.3 Å². The molecule has 0 aliphatic carbocycles. The van der Waals surface area contributed by atoms with Gasteiger partial charge >= 0.3 is 0 Å². The van der Waals surface area contributed by atoms with Gasteiger partial charge in [0.25, 0.3) is 5.91 Å². The van der Waals surface area contributed by atoms with Crippen molar-refractivity contribution in [3.05, 3.63) is 65.9 Å². The molecule has 0 fully saturated rings. The number of fused-ring (bicyclic) bond motifs is 3. The third-order valence-electron chi connectivity index (χ3n) is 5.20. The number of benzene rings is 2. The number of rotatable bonds is 6. The number of aliphatic hydroxyl groups is 1. The highest BCUT2D eigenvalue weighted by atomic mass is 16.3. The Hall–Kier alpha value is -3.18. The number of amides is 1. The number of aromatic amines is 1. The lowest BCUT2D eigenvalue weighted by molar-refractivity contribution is 0.0946. The molecule has 4 rings (SSSR count). The van der Waals surface area contributed by atoms with Crippen LogP contribution in [0.4, 0.5) is 0 Å². The Morgan fingerprint density at radius 3 is 2.59 bits per heavy atom. The zero-order valence-electron chi connectivity index (χ0n) is 16.7. The molecule has 0 aliphatic rings. The molecule has 148 valence electrons. The number of nitrogens with zero attached hydrogens (tertiary/aromatic N) is 1. The van der Waals surface area contributed by atoms with Gasteiger partial charge in [0.2, 0.25) is 0 Å². The van der Waals surface area contributed by atoms with Crippen molar-refractivity contribution in [3.63, 3.8) is 0 Å². The Morgan fingerprint density at radius 2 is 1.86 bits per heavy atom. The minimum Gasteiger partial charge on any atom is -0.396 e. The van der Waals surface area contributed by atoms with Crippen LogP contribution in [0.2, 0.25) is 0 Å². The maximum atomic E-state index is 12.7. The summed E-state index contributed by atoms with van der Waals surface area (Å²) in [5, 5.41) is 13.8. The van der Waals surface area contributed by atoms with E-state index in [1.54, 1.807) is 0 Å². The van der Waals surface area contributed by atoms with Crippen LogP contribution in [0.1, 0.15) is 42.2 Å². The number of hydrogen-bond acceptors (Lipinski definition) is 3. The predicted molar refractivity (Wildman–Crippen MR) is 117 cm³/mol. The highest BCUT2D eigenvalue weighted by Crippen LogP contribution is 2.33. The van der Waals surface area contributed by atoms with Crippen molar-refractivity contribution >= 4 is 27.7 Å². The summed E-state index contributed by atoms with van der Waals surface area (Å²) in [6.07, 6.45) is 0.518. The van der Waals surface area contributed by atoms with E-state index in [-0.39, 0.29) is 12.5 Å². The summed E-state index contributed by atoms with van der Waals surface area (Å²) in [6.45, 7) is 4.80. The van der Waals surface area contributed by atoms with E-state index in [2.05, 4.69) is 48.4 Å². The molecular weight excluding hydrogens is 362 g/mol. The molecule has 5 heteroatoms. The summed E-state index contributed by atoms with van der Waals surface area (Å²) >= 11 is 0. The smallest absolute Gasteiger partial charge is 0.269 e. The summed E-state index contributed by atoms with van der Waals surface area (Å²) < 4.78 is 0. The van der Waals surface area contributed by atoms with Gasteiger partial charge in [0, 0.05) is 35.0 Å². The number of carbonyl (C=O) groups excluding carboxylic acids is 1. The minimum absolute atomic E-state index is 0.0443. The quantitative estimate of drug-likeness (QED) is 0.423. The molecule has 0 saturated heterocycles. The van der Waals surface area contributed by atoms with Crippen molar-refractivity contribution in [2.75, 3.05) is 13.2 Å². The predicted octanol–water partition coefficient (Wildman–Crippen LogP) is 4.62. The first kappa shape index (κ1) is 19.2. The lowest BCUT2D eigenvalue weighted by Gasteiger charge is -2.10. The van der Waals surface area contributed by atoms with Crippen LogP contribution < -0.4 is 5.32 Å². The maximum absolute atomic E-state index is 12.7. The van der Waals surface area contributed by atoms with Gasteiger partial charge in [-0.25, -0.2) is 4.98 Å². The van der Waals surface area contributed by atoms with Crippen molar-refractivity contribution in [3.8, 4) is 11.3 Å². The summed E-state index contributed by atoms with van der Waals surface area (Å²) in [7, 11) is 0. The van der Waals surface area contributed by atoms with E-state index in [1.807, 2.05) is 30.3 Å². The van der Waals surface area contributed by atoms with E-state index in [1.165, 1.54) is 5.56 Å². The van der Waals surface area contributed by atoms with Crippen LogP contribution in [0, 0.1) is 0 Å². The van der Waals surface area contributed by atoms with Gasteiger partial charge < -0.3 is 15.4 Å². The number of nitrogens with one attached hydrogen (secondary N) is 2. The molecule has 0 saturated carbocycles. The van der Waals surface area contributed by atoms with E-state index < -0.39 is 0 Å². The van der Waals surface area contributed by atoms with E-state index in [9.17, 15) is 4.79 Å². The van der Waals surface area contributed by atoms with Gasteiger partial charge in [-0.15, -0.1) is 0 Å². The molecule has 1 amide bonds. The zero-order valence-corrected chi connectivity index (χ0v) is 16.7. The molecule has 3 N–H and O–H groups in total. The number of pyridine rings is 1. The highest BCUT2D eigenvalue weighted by Gasteiger charge is 2.17. The standard InChI is InChI=1S/C24H25N3O2/c1-15(2)16-8-10-17(11-9-16)22-23-19(18-6-3-4-7-20(18)26-23)14-21(27-22)24(29)25-12-5-13-28/h3-4,6-11,14-15,26,28H,5,12-13H2,1-2H3,(H,25,29). The molecule has 0 spiro atoms. The molecule has 0 radical (unpaired) electrons.